The average Bonchev–Trinajstić information content (AvgIpc) is 4.11. The fourth-order valence-corrected chi connectivity index (χ4v) is 11.4. The van der Waals surface area contributed by atoms with Crippen LogP contribution in [0.1, 0.15) is 0 Å². The predicted molar refractivity (Wildman–Crippen MR) is 272 cm³/mol. The molecule has 0 spiro atoms. The van der Waals surface area contributed by atoms with Crippen molar-refractivity contribution in [1.82, 2.24) is 4.40 Å². The summed E-state index contributed by atoms with van der Waals surface area (Å²) in [5.41, 5.74) is 15.9. The number of furan rings is 1. The fraction of sp³-hybridized carbons (Fsp3) is 0. The standard InChI is InChI=1S/C60H36N2OS/c1-4-13-54-46(8-1)51-11-7-12-52-47-31-22-41(35-55(47)62(54)60(51)52)38-18-27-44(28-19-38)61(43-25-16-37(17-26-43)40-24-33-59-53(34-40)50-10-3-6-15-58(50)64-59)45-29-20-39(21-30-45)42-23-32-49-48-9-2-5-14-56(48)63-57(49)36-42/h1-36H. The molecule has 0 fully saturated rings. The lowest BCUT2D eigenvalue weighted by Gasteiger charge is -2.26. The second-order valence-corrected chi connectivity index (χ2v) is 18.0. The van der Waals surface area contributed by atoms with Gasteiger partial charge in [0.05, 0.1) is 16.6 Å². The molecule has 14 aromatic rings. The highest BCUT2D eigenvalue weighted by Gasteiger charge is 2.19. The number of rotatable bonds is 6. The van der Waals surface area contributed by atoms with Crippen LogP contribution in [0.25, 0.3) is 114 Å². The van der Waals surface area contributed by atoms with Crippen molar-refractivity contribution in [2.24, 2.45) is 0 Å². The smallest absolute Gasteiger partial charge is 0.136 e. The molecule has 0 atom stereocenters. The van der Waals surface area contributed by atoms with Gasteiger partial charge in [0.2, 0.25) is 0 Å². The van der Waals surface area contributed by atoms with Gasteiger partial charge >= 0.3 is 0 Å². The van der Waals surface area contributed by atoms with Gasteiger partial charge in [-0.3, -0.25) is 0 Å². The summed E-state index contributed by atoms with van der Waals surface area (Å²) >= 11 is 1.86. The summed E-state index contributed by atoms with van der Waals surface area (Å²) in [4.78, 5) is 2.36. The Morgan fingerprint density at radius 2 is 0.797 bits per heavy atom. The van der Waals surface area contributed by atoms with Crippen LogP contribution in [-0.2, 0) is 0 Å². The number of hydrogen-bond donors (Lipinski definition) is 0. The van der Waals surface area contributed by atoms with E-state index in [1.807, 2.05) is 23.5 Å². The van der Waals surface area contributed by atoms with E-state index in [0.717, 1.165) is 50.1 Å². The SMILES string of the molecule is c1ccc2c(c1)oc1cc(-c3ccc(N(c4ccc(-c5ccc6sc7ccccc7c6c5)cc4)c4ccc(-c5ccc6c7cccc8c9ccccc9n(c6c5)c87)cc4)cc3)ccc12. The summed E-state index contributed by atoms with van der Waals surface area (Å²) in [5, 5.41) is 10.1. The third-order valence-corrected chi connectivity index (χ3v) is 14.5. The van der Waals surface area contributed by atoms with Gasteiger partial charge in [-0.2, -0.15) is 0 Å². The van der Waals surface area contributed by atoms with Gasteiger partial charge in [-0.25, -0.2) is 0 Å². The number of fused-ring (bicyclic) bond motifs is 12. The molecule has 4 heteroatoms. The Morgan fingerprint density at radius 3 is 1.50 bits per heavy atom. The first kappa shape index (κ1) is 35.4. The number of hydrogen-bond acceptors (Lipinski definition) is 3. The minimum atomic E-state index is 0.902. The van der Waals surface area contributed by atoms with Crippen molar-refractivity contribution in [3.8, 4) is 33.4 Å². The minimum Gasteiger partial charge on any atom is -0.456 e. The average molecular weight is 833 g/mol. The van der Waals surface area contributed by atoms with Gasteiger partial charge in [-0.1, -0.05) is 133 Å². The van der Waals surface area contributed by atoms with Crippen molar-refractivity contribution in [2.45, 2.75) is 0 Å². The zero-order chi connectivity index (χ0) is 41.9. The summed E-state index contributed by atoms with van der Waals surface area (Å²) < 4.78 is 11.4. The second kappa shape index (κ2) is 13.7. The zero-order valence-electron chi connectivity index (χ0n) is 34.5. The van der Waals surface area contributed by atoms with Crippen molar-refractivity contribution >= 4 is 109 Å². The highest BCUT2D eigenvalue weighted by molar-refractivity contribution is 7.25. The van der Waals surface area contributed by atoms with E-state index in [1.54, 1.807) is 0 Å². The molecule has 298 valence electrons. The van der Waals surface area contributed by atoms with Crippen LogP contribution in [0.2, 0.25) is 0 Å². The highest BCUT2D eigenvalue weighted by Crippen LogP contribution is 2.43. The number of nitrogens with zero attached hydrogens (tertiary/aromatic N) is 2. The van der Waals surface area contributed by atoms with Gasteiger partial charge in [-0.05, 0) is 118 Å². The summed E-state index contributed by atoms with van der Waals surface area (Å²) in [5.74, 6) is 0. The van der Waals surface area contributed by atoms with Crippen molar-refractivity contribution in [3.63, 3.8) is 0 Å². The molecule has 0 amide bonds. The van der Waals surface area contributed by atoms with E-state index < -0.39 is 0 Å². The third-order valence-electron chi connectivity index (χ3n) is 13.4. The Morgan fingerprint density at radius 1 is 0.312 bits per heavy atom. The molecule has 0 N–H and O–H groups in total. The van der Waals surface area contributed by atoms with E-state index in [2.05, 4.69) is 216 Å². The number of thiophene rings is 1. The minimum absolute atomic E-state index is 0.902. The van der Waals surface area contributed by atoms with Gasteiger partial charge < -0.3 is 13.7 Å². The first-order chi connectivity index (χ1) is 31.7. The quantitative estimate of drug-likeness (QED) is 0.166. The monoisotopic (exact) mass is 832 g/mol. The van der Waals surface area contributed by atoms with E-state index in [4.69, 9.17) is 4.42 Å². The Bertz CT molecular complexity index is 4120. The Kier molecular flexibility index (Phi) is 7.56. The largest absolute Gasteiger partial charge is 0.456 e. The molecule has 0 aliphatic carbocycles. The van der Waals surface area contributed by atoms with E-state index in [1.165, 1.54) is 80.5 Å². The first-order valence-corrected chi connectivity index (χ1v) is 22.6. The van der Waals surface area contributed by atoms with E-state index >= 15 is 0 Å². The topological polar surface area (TPSA) is 20.8 Å². The first-order valence-electron chi connectivity index (χ1n) is 21.8. The van der Waals surface area contributed by atoms with Crippen molar-refractivity contribution in [1.29, 1.82) is 0 Å². The highest BCUT2D eigenvalue weighted by atomic mass is 32.1. The molecule has 64 heavy (non-hydrogen) atoms. The molecule has 10 aromatic carbocycles. The third kappa shape index (κ3) is 5.33. The molecule has 0 bridgehead atoms. The normalized spacial score (nSPS) is 12.1. The number of aromatic nitrogens is 1. The zero-order valence-corrected chi connectivity index (χ0v) is 35.3. The van der Waals surface area contributed by atoms with E-state index in [-0.39, 0.29) is 0 Å². The van der Waals surface area contributed by atoms with Crippen LogP contribution in [-0.4, -0.2) is 4.40 Å². The van der Waals surface area contributed by atoms with Gasteiger partial charge in [0.1, 0.15) is 11.2 Å². The molecular weight excluding hydrogens is 797 g/mol. The fourth-order valence-electron chi connectivity index (χ4n) is 10.3. The van der Waals surface area contributed by atoms with Crippen molar-refractivity contribution in [3.05, 3.63) is 218 Å². The maximum atomic E-state index is 6.26. The van der Waals surface area contributed by atoms with Crippen LogP contribution in [0.3, 0.4) is 0 Å². The number of benzene rings is 10. The molecule has 14 rings (SSSR count). The van der Waals surface area contributed by atoms with Crippen LogP contribution >= 0.6 is 11.3 Å². The van der Waals surface area contributed by atoms with Crippen LogP contribution < -0.4 is 4.90 Å². The summed E-state index contributed by atoms with van der Waals surface area (Å²) in [6.45, 7) is 0. The molecule has 3 nitrogen and oxygen atoms in total. The van der Waals surface area contributed by atoms with Gasteiger partial charge in [0.15, 0.2) is 0 Å². The molecule has 0 unspecified atom stereocenters. The lowest BCUT2D eigenvalue weighted by Crippen LogP contribution is -2.09. The summed E-state index contributed by atoms with van der Waals surface area (Å²) in [6, 6.07) is 79.7. The second-order valence-electron chi connectivity index (χ2n) is 16.9. The molecule has 0 saturated carbocycles. The van der Waals surface area contributed by atoms with Gasteiger partial charge in [-0.15, -0.1) is 11.3 Å². The maximum absolute atomic E-state index is 6.26. The molecule has 0 aliphatic rings. The lowest BCUT2D eigenvalue weighted by molar-refractivity contribution is 0.669. The summed E-state index contributed by atoms with van der Waals surface area (Å²) in [7, 11) is 0. The van der Waals surface area contributed by atoms with Crippen LogP contribution in [0, 0.1) is 0 Å². The molecule has 4 aromatic heterocycles. The van der Waals surface area contributed by atoms with E-state index in [0.29, 0.717) is 0 Å². The van der Waals surface area contributed by atoms with Gasteiger partial charge in [0, 0.05) is 69.6 Å². The number of para-hydroxylation sites is 3. The van der Waals surface area contributed by atoms with Crippen molar-refractivity contribution < 1.29 is 4.42 Å². The molecule has 0 aliphatic heterocycles. The van der Waals surface area contributed by atoms with Crippen LogP contribution in [0.4, 0.5) is 17.1 Å². The lowest BCUT2D eigenvalue weighted by atomic mass is 10.0. The Balaban J connectivity index is 0.852. The molecule has 4 heterocycles. The van der Waals surface area contributed by atoms with Crippen molar-refractivity contribution in [2.75, 3.05) is 4.90 Å². The number of anilines is 3. The maximum Gasteiger partial charge on any atom is 0.136 e. The van der Waals surface area contributed by atoms with Gasteiger partial charge in [0.25, 0.3) is 0 Å². The molecule has 0 radical (unpaired) electrons. The van der Waals surface area contributed by atoms with Crippen LogP contribution in [0.5, 0.6) is 0 Å². The Labute approximate surface area is 372 Å². The van der Waals surface area contributed by atoms with Crippen LogP contribution in [0.15, 0.2) is 223 Å². The Hall–Kier alpha value is -8.18. The summed E-state index contributed by atoms with van der Waals surface area (Å²) in [6.07, 6.45) is 0. The molecule has 0 saturated heterocycles. The predicted octanol–water partition coefficient (Wildman–Crippen LogP) is 17.6. The molecular formula is C60H36N2OS. The van der Waals surface area contributed by atoms with E-state index in [9.17, 15) is 0 Å².